The Labute approximate surface area is 106 Å². The number of thioether (sulfide) groups is 1. The molecule has 0 aromatic heterocycles. The van der Waals surface area contributed by atoms with Gasteiger partial charge in [-0.05, 0) is 17.7 Å². The fraction of sp³-hybridized carbons (Fsp3) is 0.417. The highest BCUT2D eigenvalue weighted by Crippen LogP contribution is 2.38. The second-order valence-corrected chi connectivity index (χ2v) is 4.92. The Morgan fingerprint density at radius 1 is 1.18 bits per heavy atom. The molecule has 0 saturated heterocycles. The molecule has 1 aromatic carbocycles. The minimum Gasteiger partial charge on any atom is -0.493 e. The third kappa shape index (κ3) is 2.34. The largest absolute Gasteiger partial charge is 0.493 e. The molecule has 17 heavy (non-hydrogen) atoms. The van der Waals surface area contributed by atoms with Crippen molar-refractivity contribution < 1.29 is 9.47 Å². The van der Waals surface area contributed by atoms with Crippen molar-refractivity contribution in [1.29, 1.82) is 0 Å². The van der Waals surface area contributed by atoms with Crippen LogP contribution in [-0.2, 0) is 6.54 Å². The summed E-state index contributed by atoms with van der Waals surface area (Å²) >= 11 is 1.65. The number of hydrogen-bond donors (Lipinski definition) is 0. The minimum atomic E-state index is 0.691. The van der Waals surface area contributed by atoms with Gasteiger partial charge in [-0.15, -0.1) is 0 Å². The first kappa shape index (κ1) is 12.1. The molecule has 0 N–H and O–H groups in total. The Morgan fingerprint density at radius 3 is 2.41 bits per heavy atom. The number of amidine groups is 1. The minimum absolute atomic E-state index is 0.691. The summed E-state index contributed by atoms with van der Waals surface area (Å²) in [6, 6.07) is 4.01. The van der Waals surface area contributed by atoms with E-state index in [2.05, 4.69) is 4.99 Å². The Kier molecular flexibility index (Phi) is 3.47. The van der Waals surface area contributed by atoms with Gasteiger partial charge < -0.3 is 14.4 Å². The van der Waals surface area contributed by atoms with E-state index in [0.717, 1.165) is 16.7 Å². The number of benzene rings is 1. The van der Waals surface area contributed by atoms with E-state index < -0.39 is 0 Å². The van der Waals surface area contributed by atoms with E-state index in [4.69, 9.17) is 9.47 Å². The van der Waals surface area contributed by atoms with E-state index in [1.807, 2.05) is 31.1 Å². The Morgan fingerprint density at radius 2 is 1.82 bits per heavy atom. The Balaban J connectivity index is 2.36. The second-order valence-electron chi connectivity index (χ2n) is 3.91. The van der Waals surface area contributed by atoms with Gasteiger partial charge >= 0.3 is 0 Å². The molecule has 4 nitrogen and oxygen atoms in total. The molecule has 0 bridgehead atoms. The summed E-state index contributed by atoms with van der Waals surface area (Å²) in [5.41, 5.74) is 1.18. The van der Waals surface area contributed by atoms with Gasteiger partial charge in [-0.1, -0.05) is 11.8 Å². The van der Waals surface area contributed by atoms with E-state index in [0.29, 0.717) is 6.54 Å². The van der Waals surface area contributed by atoms with Crippen molar-refractivity contribution in [1.82, 2.24) is 4.90 Å². The van der Waals surface area contributed by atoms with Crippen LogP contribution in [-0.4, -0.2) is 38.4 Å². The molecule has 5 heteroatoms. The zero-order valence-corrected chi connectivity index (χ0v) is 11.3. The Bertz CT molecular complexity index is 458. The van der Waals surface area contributed by atoms with Crippen molar-refractivity contribution in [3.8, 4) is 11.5 Å². The first-order valence-corrected chi connectivity index (χ1v) is 6.12. The number of aliphatic imine (C=N–C) groups is 1. The monoisotopic (exact) mass is 252 g/mol. The molecule has 1 aromatic rings. The van der Waals surface area contributed by atoms with Gasteiger partial charge in [0.05, 0.1) is 20.8 Å². The lowest BCUT2D eigenvalue weighted by Gasteiger charge is -2.22. The topological polar surface area (TPSA) is 34.1 Å². The molecular formula is C12H16N2O2S. The molecule has 0 unspecified atom stereocenters. The maximum atomic E-state index is 5.31. The predicted octanol–water partition coefficient (Wildman–Crippen LogP) is 2.23. The molecular weight excluding hydrogens is 236 g/mol. The van der Waals surface area contributed by atoms with E-state index in [1.54, 1.807) is 26.0 Å². The summed E-state index contributed by atoms with van der Waals surface area (Å²) in [6.45, 7) is 0.691. The summed E-state index contributed by atoms with van der Waals surface area (Å²) in [5.74, 6) is 1.52. The molecule has 2 rings (SSSR count). The SMILES string of the molecule is COc1cc2c(cc1OC)SC(N(C)C)=NC2. The van der Waals surface area contributed by atoms with Crippen molar-refractivity contribution in [3.05, 3.63) is 17.7 Å². The van der Waals surface area contributed by atoms with Crippen molar-refractivity contribution in [2.24, 2.45) is 4.99 Å². The van der Waals surface area contributed by atoms with E-state index >= 15 is 0 Å². The van der Waals surface area contributed by atoms with Crippen molar-refractivity contribution in [2.45, 2.75) is 11.4 Å². The fourth-order valence-electron chi connectivity index (χ4n) is 1.64. The van der Waals surface area contributed by atoms with Crippen molar-refractivity contribution in [3.63, 3.8) is 0 Å². The summed E-state index contributed by atoms with van der Waals surface area (Å²) in [4.78, 5) is 7.71. The van der Waals surface area contributed by atoms with Gasteiger partial charge in [0.1, 0.15) is 0 Å². The van der Waals surface area contributed by atoms with Crippen LogP contribution in [0.4, 0.5) is 0 Å². The number of hydrogen-bond acceptors (Lipinski definition) is 5. The van der Waals surface area contributed by atoms with Crippen LogP contribution in [0.5, 0.6) is 11.5 Å². The van der Waals surface area contributed by atoms with Gasteiger partial charge in [-0.2, -0.15) is 0 Å². The summed E-state index contributed by atoms with van der Waals surface area (Å²) < 4.78 is 10.6. The average Bonchev–Trinajstić information content (AvgIpc) is 2.36. The van der Waals surface area contributed by atoms with Crippen LogP contribution in [0.25, 0.3) is 0 Å². The lowest BCUT2D eigenvalue weighted by Crippen LogP contribution is -2.20. The van der Waals surface area contributed by atoms with Crippen molar-refractivity contribution in [2.75, 3.05) is 28.3 Å². The van der Waals surface area contributed by atoms with Gasteiger partial charge in [0.2, 0.25) is 0 Å². The quantitative estimate of drug-likeness (QED) is 0.808. The van der Waals surface area contributed by atoms with E-state index in [-0.39, 0.29) is 0 Å². The van der Waals surface area contributed by atoms with Crippen LogP contribution in [0.1, 0.15) is 5.56 Å². The zero-order chi connectivity index (χ0) is 12.4. The molecule has 0 radical (unpaired) electrons. The Hall–Kier alpha value is -1.36. The highest BCUT2D eigenvalue weighted by molar-refractivity contribution is 8.13. The van der Waals surface area contributed by atoms with Gasteiger partial charge in [-0.3, -0.25) is 4.99 Å². The lowest BCUT2D eigenvalue weighted by atomic mass is 10.2. The second kappa shape index (κ2) is 4.87. The van der Waals surface area contributed by atoms with Gasteiger partial charge in [-0.25, -0.2) is 0 Å². The molecule has 1 aliphatic heterocycles. The van der Waals surface area contributed by atoms with E-state index in [9.17, 15) is 0 Å². The molecule has 0 saturated carbocycles. The fourth-order valence-corrected chi connectivity index (χ4v) is 2.57. The summed E-state index contributed by atoms with van der Waals surface area (Å²) in [7, 11) is 7.29. The molecule has 0 spiro atoms. The first-order chi connectivity index (χ1) is 8.15. The molecule has 92 valence electrons. The molecule has 0 atom stereocenters. The van der Waals surface area contributed by atoms with Gasteiger partial charge in [0.25, 0.3) is 0 Å². The van der Waals surface area contributed by atoms with Crippen molar-refractivity contribution >= 4 is 16.9 Å². The molecule has 1 heterocycles. The maximum absolute atomic E-state index is 5.31. The highest BCUT2D eigenvalue weighted by Gasteiger charge is 2.18. The van der Waals surface area contributed by atoms with Crippen LogP contribution in [0.2, 0.25) is 0 Å². The number of nitrogens with zero attached hydrogens (tertiary/aromatic N) is 2. The average molecular weight is 252 g/mol. The standard InChI is InChI=1S/C12H16N2O2S/c1-14(2)12-13-7-8-5-9(15-3)10(16-4)6-11(8)17-12/h5-6H,7H2,1-4H3. The zero-order valence-electron chi connectivity index (χ0n) is 10.5. The molecule has 0 fully saturated rings. The molecule has 0 amide bonds. The van der Waals surface area contributed by atoms with E-state index in [1.165, 1.54) is 10.5 Å². The predicted molar refractivity (Wildman–Crippen MR) is 70.2 cm³/mol. The maximum Gasteiger partial charge on any atom is 0.163 e. The summed E-state index contributed by atoms with van der Waals surface area (Å²) in [6.07, 6.45) is 0. The third-order valence-electron chi connectivity index (χ3n) is 2.54. The third-order valence-corrected chi connectivity index (χ3v) is 3.81. The smallest absolute Gasteiger partial charge is 0.163 e. The molecule has 0 aliphatic carbocycles. The van der Waals surface area contributed by atoms with Gasteiger partial charge in [0, 0.05) is 19.0 Å². The number of rotatable bonds is 2. The highest BCUT2D eigenvalue weighted by atomic mass is 32.2. The number of methoxy groups -OCH3 is 2. The van der Waals surface area contributed by atoms with Crippen LogP contribution in [0.15, 0.2) is 22.0 Å². The number of fused-ring (bicyclic) bond motifs is 1. The van der Waals surface area contributed by atoms with Crippen LogP contribution >= 0.6 is 11.8 Å². The number of ether oxygens (including phenoxy) is 2. The molecule has 1 aliphatic rings. The van der Waals surface area contributed by atoms with Crippen LogP contribution < -0.4 is 9.47 Å². The normalized spacial score (nSPS) is 13.8. The van der Waals surface area contributed by atoms with Crippen LogP contribution in [0, 0.1) is 0 Å². The first-order valence-electron chi connectivity index (χ1n) is 5.30. The lowest BCUT2D eigenvalue weighted by molar-refractivity contribution is 0.353. The summed E-state index contributed by atoms with van der Waals surface area (Å²) in [5, 5.41) is 1.02. The van der Waals surface area contributed by atoms with Gasteiger partial charge in [0.15, 0.2) is 16.7 Å². The van der Waals surface area contributed by atoms with Crippen LogP contribution in [0.3, 0.4) is 0 Å².